The molecule has 1 amide bonds. The van der Waals surface area contributed by atoms with Crippen LogP contribution < -0.4 is 0 Å². The van der Waals surface area contributed by atoms with Crippen LogP contribution in [0.1, 0.15) is 33.1 Å². The molecule has 0 aliphatic carbocycles. The number of carbonyl (C=O) groups excluding carboxylic acids is 1. The van der Waals surface area contributed by atoms with E-state index in [2.05, 4.69) is 0 Å². The Morgan fingerprint density at radius 2 is 1.75 bits per heavy atom. The molecule has 1 aliphatic heterocycles. The Hall–Kier alpha value is -1.85. The number of rotatable bonds is 2. The summed E-state index contributed by atoms with van der Waals surface area (Å²) in [6.45, 7) is 3.86. The molecule has 2 aromatic rings. The van der Waals surface area contributed by atoms with Crippen LogP contribution in [0.5, 0.6) is 0 Å². The molecule has 6 heteroatoms. The Morgan fingerprint density at radius 1 is 1.12 bits per heavy atom. The van der Waals surface area contributed by atoms with Gasteiger partial charge in [-0.1, -0.05) is 28.8 Å². The first kappa shape index (κ1) is 17.0. The van der Waals surface area contributed by atoms with Crippen molar-refractivity contribution >= 4 is 27.3 Å². The maximum absolute atomic E-state index is 12.8. The van der Waals surface area contributed by atoms with E-state index in [4.69, 9.17) is 11.6 Å². The van der Waals surface area contributed by atoms with E-state index in [-0.39, 0.29) is 16.6 Å². The first-order valence-corrected chi connectivity index (χ1v) is 9.60. The maximum Gasteiger partial charge on any atom is 0.254 e. The summed E-state index contributed by atoms with van der Waals surface area (Å²) < 4.78 is 24.7. The van der Waals surface area contributed by atoms with Crippen molar-refractivity contribution in [2.24, 2.45) is 0 Å². The molecule has 0 saturated carbocycles. The molecule has 2 aromatic carbocycles. The molecule has 1 aliphatic rings. The van der Waals surface area contributed by atoms with Crippen LogP contribution in [0.2, 0.25) is 5.02 Å². The zero-order valence-corrected chi connectivity index (χ0v) is 15.3. The number of hydrogen-bond acceptors (Lipinski definition) is 3. The summed E-state index contributed by atoms with van der Waals surface area (Å²) in [7, 11) is -1.77. The van der Waals surface area contributed by atoms with Gasteiger partial charge < -0.3 is 4.90 Å². The molecule has 0 radical (unpaired) electrons. The van der Waals surface area contributed by atoms with Gasteiger partial charge >= 0.3 is 0 Å². The van der Waals surface area contributed by atoms with Crippen molar-refractivity contribution in [2.75, 3.05) is 12.8 Å². The van der Waals surface area contributed by atoms with Crippen molar-refractivity contribution in [3.8, 4) is 0 Å². The molecule has 0 spiro atoms. The average Bonchev–Trinajstić information content (AvgIpc) is 2.75. The number of fused-ring (bicyclic) bond motifs is 1. The fraction of sp³-hybridized carbons (Fsp3) is 0.278. The summed E-state index contributed by atoms with van der Waals surface area (Å²) in [5.74, 6) is -0.315. The Labute approximate surface area is 147 Å². The van der Waals surface area contributed by atoms with Gasteiger partial charge in [0.25, 0.3) is 5.91 Å². The van der Waals surface area contributed by atoms with Crippen LogP contribution in [-0.4, -0.2) is 32.0 Å². The average molecular weight is 364 g/mol. The van der Waals surface area contributed by atoms with Crippen LogP contribution in [-0.2, 0) is 9.84 Å². The van der Waals surface area contributed by atoms with E-state index in [0.29, 0.717) is 16.1 Å². The second kappa shape index (κ2) is 5.90. The number of hydrogen-bond donors (Lipinski definition) is 0. The molecule has 1 atom stereocenters. The smallest absolute Gasteiger partial charge is 0.254 e. The van der Waals surface area contributed by atoms with Crippen LogP contribution in [0, 0.1) is 13.8 Å². The van der Waals surface area contributed by atoms with Gasteiger partial charge in [-0.15, -0.1) is 0 Å². The molecule has 0 saturated heterocycles. The number of carbonyl (C=O) groups is 1. The SMILES string of the molecule is Cc1cc(C)cc(C(=O)N(C)[C@@H]2CS(=O)(=O)c3ccc(Cl)cc32)c1. The van der Waals surface area contributed by atoms with E-state index >= 15 is 0 Å². The zero-order chi connectivity index (χ0) is 17.6. The summed E-state index contributed by atoms with van der Waals surface area (Å²) in [6.07, 6.45) is 0. The second-order valence-corrected chi connectivity index (χ2v) is 8.71. The molecule has 1 heterocycles. The highest BCUT2D eigenvalue weighted by Crippen LogP contribution is 2.38. The van der Waals surface area contributed by atoms with Crippen LogP contribution in [0.25, 0.3) is 0 Å². The van der Waals surface area contributed by atoms with Crippen molar-refractivity contribution < 1.29 is 13.2 Å². The lowest BCUT2D eigenvalue weighted by Crippen LogP contribution is -2.32. The van der Waals surface area contributed by atoms with Crippen molar-refractivity contribution in [1.29, 1.82) is 0 Å². The van der Waals surface area contributed by atoms with Gasteiger partial charge in [0.2, 0.25) is 0 Å². The molecule has 0 bridgehead atoms. The van der Waals surface area contributed by atoms with E-state index in [1.165, 1.54) is 11.0 Å². The van der Waals surface area contributed by atoms with Gasteiger partial charge in [-0.25, -0.2) is 8.42 Å². The van der Waals surface area contributed by atoms with Gasteiger partial charge in [0.15, 0.2) is 9.84 Å². The quantitative estimate of drug-likeness (QED) is 0.819. The Bertz CT molecular complexity index is 917. The third-order valence-corrected chi connectivity index (χ3v) is 6.33. The molecular weight excluding hydrogens is 346 g/mol. The third-order valence-electron chi connectivity index (χ3n) is 4.30. The Morgan fingerprint density at radius 3 is 2.38 bits per heavy atom. The van der Waals surface area contributed by atoms with Crippen LogP contribution in [0.15, 0.2) is 41.3 Å². The van der Waals surface area contributed by atoms with Gasteiger partial charge in [-0.05, 0) is 49.7 Å². The van der Waals surface area contributed by atoms with Crippen molar-refractivity contribution in [1.82, 2.24) is 4.90 Å². The normalized spacial score (nSPS) is 18.2. The number of nitrogens with zero attached hydrogens (tertiary/aromatic N) is 1. The van der Waals surface area contributed by atoms with Crippen LogP contribution in [0.3, 0.4) is 0 Å². The van der Waals surface area contributed by atoms with Crippen molar-refractivity contribution in [3.05, 3.63) is 63.7 Å². The van der Waals surface area contributed by atoms with Crippen LogP contribution in [0.4, 0.5) is 0 Å². The van der Waals surface area contributed by atoms with E-state index in [1.807, 2.05) is 32.0 Å². The third kappa shape index (κ3) is 2.94. The lowest BCUT2D eigenvalue weighted by atomic mass is 10.0. The molecule has 24 heavy (non-hydrogen) atoms. The number of halogens is 1. The fourth-order valence-corrected chi connectivity index (χ4v) is 5.22. The van der Waals surface area contributed by atoms with Gasteiger partial charge in [-0.3, -0.25) is 4.79 Å². The molecular formula is C18H18ClNO3S. The lowest BCUT2D eigenvalue weighted by molar-refractivity contribution is 0.0745. The van der Waals surface area contributed by atoms with E-state index < -0.39 is 15.9 Å². The highest BCUT2D eigenvalue weighted by Gasteiger charge is 2.38. The highest BCUT2D eigenvalue weighted by atomic mass is 35.5. The van der Waals surface area contributed by atoms with Gasteiger partial charge in [0, 0.05) is 17.6 Å². The molecule has 3 rings (SSSR count). The fourth-order valence-electron chi connectivity index (χ4n) is 3.21. The van der Waals surface area contributed by atoms with Crippen molar-refractivity contribution in [3.63, 3.8) is 0 Å². The number of benzene rings is 2. The number of sulfone groups is 1. The Balaban J connectivity index is 2.01. The molecule has 4 nitrogen and oxygen atoms in total. The molecule has 0 unspecified atom stereocenters. The largest absolute Gasteiger partial charge is 0.334 e. The van der Waals surface area contributed by atoms with Gasteiger partial charge in [0.05, 0.1) is 16.7 Å². The summed E-state index contributed by atoms with van der Waals surface area (Å²) in [6, 6.07) is 9.80. The van der Waals surface area contributed by atoms with Gasteiger partial charge in [0.1, 0.15) is 0 Å². The van der Waals surface area contributed by atoms with E-state index in [9.17, 15) is 13.2 Å². The monoisotopic (exact) mass is 363 g/mol. The highest BCUT2D eigenvalue weighted by molar-refractivity contribution is 7.91. The zero-order valence-electron chi connectivity index (χ0n) is 13.7. The summed E-state index contributed by atoms with van der Waals surface area (Å²) in [5.41, 5.74) is 3.13. The number of aryl methyl sites for hydroxylation is 2. The van der Waals surface area contributed by atoms with E-state index in [1.54, 1.807) is 19.2 Å². The minimum absolute atomic E-state index is 0.115. The first-order valence-electron chi connectivity index (χ1n) is 7.57. The summed E-state index contributed by atoms with van der Waals surface area (Å²) in [5, 5.41) is 0.461. The van der Waals surface area contributed by atoms with Crippen molar-refractivity contribution in [2.45, 2.75) is 24.8 Å². The minimum Gasteiger partial charge on any atom is -0.334 e. The standard InChI is InChI=1S/C18H18ClNO3S/c1-11-6-12(2)8-13(7-11)18(21)20(3)16-10-24(22,23)17-5-4-14(19)9-15(16)17/h4-9,16H,10H2,1-3H3/t16-/m1/s1. The molecule has 126 valence electrons. The van der Waals surface area contributed by atoms with E-state index in [0.717, 1.165) is 11.1 Å². The minimum atomic E-state index is -3.40. The van der Waals surface area contributed by atoms with Gasteiger partial charge in [-0.2, -0.15) is 0 Å². The molecule has 0 fully saturated rings. The predicted molar refractivity (Wildman–Crippen MR) is 94.3 cm³/mol. The predicted octanol–water partition coefficient (Wildman–Crippen LogP) is 3.56. The lowest BCUT2D eigenvalue weighted by Gasteiger charge is -2.25. The topological polar surface area (TPSA) is 54.5 Å². The molecule has 0 aromatic heterocycles. The maximum atomic E-state index is 12.8. The summed E-state index contributed by atoms with van der Waals surface area (Å²) >= 11 is 6.03. The number of amides is 1. The molecule has 0 N–H and O–H groups in total. The first-order chi connectivity index (χ1) is 11.2. The Kier molecular flexibility index (Phi) is 4.18. The van der Waals surface area contributed by atoms with Crippen LogP contribution >= 0.6 is 11.6 Å². The summed E-state index contributed by atoms with van der Waals surface area (Å²) in [4.78, 5) is 14.6. The second-order valence-electron chi connectivity index (χ2n) is 6.27.